The van der Waals surface area contributed by atoms with Gasteiger partial charge in [-0.25, -0.2) is 0 Å². The minimum atomic E-state index is -0.808. The van der Waals surface area contributed by atoms with E-state index >= 15 is 0 Å². The first-order valence-electron chi connectivity index (χ1n) is 7.55. The lowest BCUT2D eigenvalue weighted by Gasteiger charge is -2.37. The summed E-state index contributed by atoms with van der Waals surface area (Å²) in [6, 6.07) is 8.27. The Morgan fingerprint density at radius 3 is 2.86 bits per heavy atom. The van der Waals surface area contributed by atoms with E-state index in [1.165, 1.54) is 11.1 Å². The maximum absolute atomic E-state index is 12.3. The van der Waals surface area contributed by atoms with Crippen molar-refractivity contribution >= 4 is 23.6 Å². The van der Waals surface area contributed by atoms with Crippen molar-refractivity contribution < 1.29 is 14.7 Å². The number of carboxylic acid groups (broad SMARTS) is 1. The number of carbonyl (C=O) groups excluding carboxylic acids is 1. The Morgan fingerprint density at radius 2 is 2.18 bits per heavy atom. The molecule has 0 spiro atoms. The average molecular weight is 321 g/mol. The molecule has 1 heterocycles. The molecule has 1 aromatic carbocycles. The Morgan fingerprint density at radius 1 is 1.41 bits per heavy atom. The number of aliphatic carboxylic acids is 1. The number of hydrogen-bond acceptors (Lipinski definition) is 3. The summed E-state index contributed by atoms with van der Waals surface area (Å²) in [5.74, 6) is 0.448. The molecule has 1 saturated heterocycles. The van der Waals surface area contributed by atoms with Gasteiger partial charge < -0.3 is 10.0 Å². The molecule has 0 aromatic heterocycles. The van der Waals surface area contributed by atoms with E-state index in [4.69, 9.17) is 0 Å². The van der Waals surface area contributed by atoms with Crippen molar-refractivity contribution in [2.45, 2.75) is 32.4 Å². The second-order valence-electron chi connectivity index (χ2n) is 6.27. The predicted octanol–water partition coefficient (Wildman–Crippen LogP) is 2.94. The Bertz CT molecular complexity index is 561. The molecule has 1 unspecified atom stereocenters. The Balaban J connectivity index is 1.83. The maximum Gasteiger partial charge on any atom is 0.311 e. The fourth-order valence-corrected chi connectivity index (χ4v) is 3.65. The van der Waals surface area contributed by atoms with Gasteiger partial charge in [0, 0.05) is 18.8 Å². The van der Waals surface area contributed by atoms with Gasteiger partial charge in [-0.05, 0) is 32.3 Å². The normalized spacial score (nSPS) is 21.6. The van der Waals surface area contributed by atoms with Crippen molar-refractivity contribution in [3.05, 3.63) is 35.4 Å². The molecule has 1 N–H and O–H groups in total. The second kappa shape index (κ2) is 7.18. The summed E-state index contributed by atoms with van der Waals surface area (Å²) in [5.41, 5.74) is 1.64. The number of carboxylic acids is 1. The number of rotatable bonds is 5. The van der Waals surface area contributed by atoms with Crippen LogP contribution < -0.4 is 0 Å². The molecule has 2 rings (SSSR count). The zero-order valence-electron chi connectivity index (χ0n) is 13.2. The summed E-state index contributed by atoms with van der Waals surface area (Å²) in [6.07, 6.45) is 1.40. The summed E-state index contributed by atoms with van der Waals surface area (Å²) in [5, 5.41) is 9.30. The summed E-state index contributed by atoms with van der Waals surface area (Å²) in [4.78, 5) is 25.3. The van der Waals surface area contributed by atoms with Crippen molar-refractivity contribution in [3.8, 4) is 0 Å². The van der Waals surface area contributed by atoms with Gasteiger partial charge in [-0.2, -0.15) is 0 Å². The SMILES string of the molecule is Cc1cccc(CSCC(=O)N2CCCC(C)(C(=O)O)C2)c1. The molecule has 0 saturated carbocycles. The number of nitrogens with zero attached hydrogens (tertiary/aromatic N) is 1. The Hall–Kier alpha value is -1.49. The van der Waals surface area contributed by atoms with E-state index < -0.39 is 11.4 Å². The van der Waals surface area contributed by atoms with Crippen LogP contribution in [0.5, 0.6) is 0 Å². The zero-order chi connectivity index (χ0) is 16.2. The minimum absolute atomic E-state index is 0.0461. The van der Waals surface area contributed by atoms with Gasteiger partial charge in [0.2, 0.25) is 5.91 Å². The summed E-state index contributed by atoms with van der Waals surface area (Å²) in [7, 11) is 0. The molecule has 1 fully saturated rings. The van der Waals surface area contributed by atoms with Crippen LogP contribution in [0.4, 0.5) is 0 Å². The van der Waals surface area contributed by atoms with Crippen molar-refractivity contribution in [1.82, 2.24) is 4.90 Å². The van der Waals surface area contributed by atoms with E-state index in [0.717, 1.165) is 12.2 Å². The highest BCUT2D eigenvalue weighted by molar-refractivity contribution is 7.99. The predicted molar refractivity (Wildman–Crippen MR) is 88.9 cm³/mol. The average Bonchev–Trinajstić information content (AvgIpc) is 2.47. The standard InChI is InChI=1S/C17H23NO3S/c1-13-5-3-6-14(9-13)10-22-11-15(19)18-8-4-7-17(2,12-18)16(20)21/h3,5-6,9H,4,7-8,10-12H2,1-2H3,(H,20,21). The molecular weight excluding hydrogens is 298 g/mol. The van der Waals surface area contributed by atoms with E-state index in [9.17, 15) is 14.7 Å². The first-order chi connectivity index (χ1) is 10.4. The molecule has 1 aromatic rings. The Labute approximate surface area is 135 Å². The largest absolute Gasteiger partial charge is 0.481 e. The summed E-state index contributed by atoms with van der Waals surface area (Å²) in [6.45, 7) is 4.79. The van der Waals surface area contributed by atoms with E-state index in [1.54, 1.807) is 23.6 Å². The van der Waals surface area contributed by atoms with Crippen LogP contribution in [-0.4, -0.2) is 40.7 Å². The third-order valence-electron chi connectivity index (χ3n) is 4.14. The van der Waals surface area contributed by atoms with Crippen molar-refractivity contribution in [2.75, 3.05) is 18.8 Å². The number of hydrogen-bond donors (Lipinski definition) is 1. The number of likely N-dealkylation sites (tertiary alicyclic amines) is 1. The highest BCUT2D eigenvalue weighted by atomic mass is 32.2. The summed E-state index contributed by atoms with van der Waals surface area (Å²) < 4.78 is 0. The highest BCUT2D eigenvalue weighted by Crippen LogP contribution is 2.30. The van der Waals surface area contributed by atoms with Crippen LogP contribution in [0.1, 0.15) is 30.9 Å². The molecule has 4 nitrogen and oxygen atoms in total. The third-order valence-corrected chi connectivity index (χ3v) is 5.13. The minimum Gasteiger partial charge on any atom is -0.481 e. The molecule has 120 valence electrons. The first kappa shape index (κ1) is 16.9. The maximum atomic E-state index is 12.3. The Kier molecular flexibility index (Phi) is 5.51. The lowest BCUT2D eigenvalue weighted by molar-refractivity contribution is -0.153. The van der Waals surface area contributed by atoms with E-state index in [0.29, 0.717) is 25.3 Å². The number of aryl methyl sites for hydroxylation is 1. The van der Waals surface area contributed by atoms with Crippen LogP contribution in [-0.2, 0) is 15.3 Å². The van der Waals surface area contributed by atoms with Crippen LogP contribution in [0.25, 0.3) is 0 Å². The van der Waals surface area contributed by atoms with Gasteiger partial charge in [0.25, 0.3) is 0 Å². The fourth-order valence-electron chi connectivity index (χ4n) is 2.78. The second-order valence-corrected chi connectivity index (χ2v) is 7.25. The molecule has 0 bridgehead atoms. The third kappa shape index (κ3) is 4.26. The quantitative estimate of drug-likeness (QED) is 0.906. The molecule has 1 aliphatic heterocycles. The number of amides is 1. The van der Waals surface area contributed by atoms with Gasteiger partial charge in [-0.1, -0.05) is 29.8 Å². The van der Waals surface area contributed by atoms with Crippen molar-refractivity contribution in [3.63, 3.8) is 0 Å². The van der Waals surface area contributed by atoms with Crippen molar-refractivity contribution in [1.29, 1.82) is 0 Å². The molecular formula is C17H23NO3S. The first-order valence-corrected chi connectivity index (χ1v) is 8.71. The number of carbonyl (C=O) groups is 2. The zero-order valence-corrected chi connectivity index (χ0v) is 14.0. The topological polar surface area (TPSA) is 57.6 Å². The van der Waals surface area contributed by atoms with Gasteiger partial charge in [-0.15, -0.1) is 11.8 Å². The smallest absolute Gasteiger partial charge is 0.311 e. The van der Waals surface area contributed by atoms with E-state index in [-0.39, 0.29) is 5.91 Å². The van der Waals surface area contributed by atoms with E-state index in [1.807, 2.05) is 6.07 Å². The number of thioether (sulfide) groups is 1. The molecule has 0 radical (unpaired) electrons. The van der Waals surface area contributed by atoms with Crippen LogP contribution in [0.2, 0.25) is 0 Å². The van der Waals surface area contributed by atoms with Crippen LogP contribution >= 0.6 is 11.8 Å². The fraction of sp³-hybridized carbons (Fsp3) is 0.529. The molecule has 5 heteroatoms. The van der Waals surface area contributed by atoms with Gasteiger partial charge in [0.15, 0.2) is 0 Å². The van der Waals surface area contributed by atoms with Crippen LogP contribution in [0.15, 0.2) is 24.3 Å². The molecule has 22 heavy (non-hydrogen) atoms. The van der Waals surface area contributed by atoms with Gasteiger partial charge in [0.1, 0.15) is 0 Å². The number of piperidine rings is 1. The van der Waals surface area contributed by atoms with E-state index in [2.05, 4.69) is 25.1 Å². The van der Waals surface area contributed by atoms with Crippen molar-refractivity contribution in [2.24, 2.45) is 5.41 Å². The summed E-state index contributed by atoms with van der Waals surface area (Å²) >= 11 is 1.59. The lowest BCUT2D eigenvalue weighted by atomic mass is 9.82. The highest BCUT2D eigenvalue weighted by Gasteiger charge is 2.39. The van der Waals surface area contributed by atoms with Crippen LogP contribution in [0.3, 0.4) is 0 Å². The number of benzene rings is 1. The molecule has 1 amide bonds. The molecule has 1 atom stereocenters. The monoisotopic (exact) mass is 321 g/mol. The van der Waals surface area contributed by atoms with Gasteiger partial charge in [-0.3, -0.25) is 9.59 Å². The molecule has 0 aliphatic carbocycles. The van der Waals surface area contributed by atoms with Gasteiger partial charge >= 0.3 is 5.97 Å². The van der Waals surface area contributed by atoms with Crippen LogP contribution in [0, 0.1) is 12.3 Å². The molecule has 1 aliphatic rings. The lowest BCUT2D eigenvalue weighted by Crippen LogP contribution is -2.48. The van der Waals surface area contributed by atoms with Gasteiger partial charge in [0.05, 0.1) is 11.2 Å².